The summed E-state index contributed by atoms with van der Waals surface area (Å²) in [5, 5.41) is 3.43. The van der Waals surface area contributed by atoms with Crippen molar-refractivity contribution in [3.63, 3.8) is 0 Å². The lowest BCUT2D eigenvalue weighted by molar-refractivity contribution is 0.156. The van der Waals surface area contributed by atoms with Gasteiger partial charge < -0.3 is 15.0 Å². The van der Waals surface area contributed by atoms with E-state index in [0.29, 0.717) is 11.4 Å². The molecule has 6 nitrogen and oxygen atoms in total. The Morgan fingerprint density at radius 3 is 2.64 bits per heavy atom. The van der Waals surface area contributed by atoms with Gasteiger partial charge in [0.25, 0.3) is 0 Å². The molecule has 2 heterocycles. The Bertz CT molecular complexity index is 749. The molecular formula is C20H32IN3O3S. The molecule has 2 aliphatic rings. The van der Waals surface area contributed by atoms with Crippen LogP contribution in [0.1, 0.15) is 33.1 Å². The van der Waals surface area contributed by atoms with E-state index >= 15 is 0 Å². The average molecular weight is 521 g/mol. The molecule has 0 saturated carbocycles. The molecule has 8 heteroatoms. The zero-order chi connectivity index (χ0) is 19.3. The summed E-state index contributed by atoms with van der Waals surface area (Å²) >= 11 is 0. The molecule has 1 aromatic rings. The molecule has 0 aromatic heterocycles. The highest BCUT2D eigenvalue weighted by atomic mass is 127. The van der Waals surface area contributed by atoms with Gasteiger partial charge in [0.15, 0.2) is 15.8 Å². The highest BCUT2D eigenvalue weighted by Gasteiger charge is 2.42. The Labute approximate surface area is 186 Å². The summed E-state index contributed by atoms with van der Waals surface area (Å²) in [7, 11) is -3.33. The molecule has 2 aliphatic heterocycles. The Morgan fingerprint density at radius 1 is 1.29 bits per heavy atom. The second kappa shape index (κ2) is 10.2. The number of aliphatic imine (C=N–C) groups is 1. The van der Waals surface area contributed by atoms with Gasteiger partial charge in [0.05, 0.1) is 17.3 Å². The summed E-state index contributed by atoms with van der Waals surface area (Å²) in [6.07, 6.45) is 2.93. The van der Waals surface area contributed by atoms with Gasteiger partial charge in [-0.15, -0.1) is 24.0 Å². The number of hydrogen-bond donors (Lipinski definition) is 1. The number of halogens is 1. The molecular weight excluding hydrogens is 489 g/mol. The summed E-state index contributed by atoms with van der Waals surface area (Å²) in [6, 6.07) is 8.51. The minimum atomic E-state index is -3.33. The molecule has 2 atom stereocenters. The predicted octanol–water partition coefficient (Wildman–Crippen LogP) is 2.93. The number of hydrogen-bond acceptors (Lipinski definition) is 4. The minimum absolute atomic E-state index is 0. The first-order chi connectivity index (χ1) is 13.0. The lowest BCUT2D eigenvalue weighted by atomic mass is 9.87. The number of guanidine groups is 1. The van der Waals surface area contributed by atoms with Crippen LogP contribution in [0.5, 0.6) is 0 Å². The van der Waals surface area contributed by atoms with E-state index in [1.165, 1.54) is 0 Å². The molecule has 1 spiro atoms. The molecule has 28 heavy (non-hydrogen) atoms. The number of benzene rings is 1. The van der Waals surface area contributed by atoms with Gasteiger partial charge in [-0.25, -0.2) is 8.42 Å². The quantitative estimate of drug-likeness (QED) is 0.354. The highest BCUT2D eigenvalue weighted by molar-refractivity contribution is 14.0. The van der Waals surface area contributed by atoms with Crippen molar-refractivity contribution in [2.24, 2.45) is 10.4 Å². The Balaban J connectivity index is 0.00000280. The zero-order valence-electron chi connectivity index (χ0n) is 16.8. The fourth-order valence-electron chi connectivity index (χ4n) is 3.91. The fraction of sp³-hybridized carbons (Fsp3) is 0.650. The third-order valence-corrected chi connectivity index (χ3v) is 7.41. The van der Waals surface area contributed by atoms with Crippen LogP contribution in [0, 0.1) is 5.41 Å². The number of nitrogens with one attached hydrogen (secondary N) is 1. The molecule has 0 amide bonds. The van der Waals surface area contributed by atoms with Crippen LogP contribution < -0.4 is 5.32 Å². The predicted molar refractivity (Wildman–Crippen MR) is 123 cm³/mol. The lowest BCUT2D eigenvalue weighted by Crippen LogP contribution is -2.48. The maximum atomic E-state index is 12.8. The van der Waals surface area contributed by atoms with Crippen molar-refractivity contribution in [3.8, 4) is 0 Å². The van der Waals surface area contributed by atoms with Crippen molar-refractivity contribution < 1.29 is 13.2 Å². The molecule has 0 bridgehead atoms. The van der Waals surface area contributed by atoms with E-state index in [2.05, 4.69) is 15.2 Å². The van der Waals surface area contributed by atoms with Gasteiger partial charge in [0.1, 0.15) is 0 Å². The topological polar surface area (TPSA) is 71.0 Å². The molecule has 0 aliphatic carbocycles. The summed E-state index contributed by atoms with van der Waals surface area (Å²) in [5.74, 6) is 0.898. The van der Waals surface area contributed by atoms with Crippen LogP contribution in [0.4, 0.5) is 0 Å². The van der Waals surface area contributed by atoms with E-state index < -0.39 is 9.84 Å². The monoisotopic (exact) mass is 521 g/mol. The summed E-state index contributed by atoms with van der Waals surface area (Å²) < 4.78 is 31.1. The van der Waals surface area contributed by atoms with Gasteiger partial charge >= 0.3 is 0 Å². The van der Waals surface area contributed by atoms with Crippen LogP contribution in [0.2, 0.25) is 0 Å². The van der Waals surface area contributed by atoms with Crippen LogP contribution in [0.15, 0.2) is 40.2 Å². The van der Waals surface area contributed by atoms with Gasteiger partial charge in [-0.05, 0) is 38.3 Å². The van der Waals surface area contributed by atoms with Gasteiger partial charge in [-0.1, -0.05) is 25.1 Å². The summed E-state index contributed by atoms with van der Waals surface area (Å²) in [5.41, 5.74) is 0.244. The minimum Gasteiger partial charge on any atom is -0.381 e. The second-order valence-electron chi connectivity index (χ2n) is 7.62. The third kappa shape index (κ3) is 5.60. The molecule has 3 rings (SSSR count). The largest absolute Gasteiger partial charge is 0.381 e. The van der Waals surface area contributed by atoms with Crippen LogP contribution in [0.25, 0.3) is 0 Å². The Morgan fingerprint density at radius 2 is 2.04 bits per heavy atom. The van der Waals surface area contributed by atoms with Crippen molar-refractivity contribution in [1.29, 1.82) is 0 Å². The van der Waals surface area contributed by atoms with Crippen molar-refractivity contribution in [3.05, 3.63) is 30.3 Å². The van der Waals surface area contributed by atoms with Crippen molar-refractivity contribution in [2.45, 2.75) is 44.0 Å². The zero-order valence-corrected chi connectivity index (χ0v) is 19.9. The first-order valence-electron chi connectivity index (χ1n) is 9.89. The highest BCUT2D eigenvalue weighted by Crippen LogP contribution is 2.38. The standard InChI is InChI=1S/C20H31N3O3S.HI/c1-3-17(14-27(24,25)18-8-6-5-7-9-18)22-19(21-4-2)23-12-10-20(15-23)11-13-26-16-20;/h5-9,17H,3-4,10-16H2,1-2H3,(H,21,22);1H. The van der Waals surface area contributed by atoms with Crippen LogP contribution in [-0.2, 0) is 14.6 Å². The number of nitrogens with zero attached hydrogens (tertiary/aromatic N) is 2. The van der Waals surface area contributed by atoms with Gasteiger partial charge in [-0.2, -0.15) is 0 Å². The molecule has 158 valence electrons. The van der Waals surface area contributed by atoms with E-state index in [1.807, 2.05) is 19.9 Å². The normalized spacial score (nSPS) is 23.6. The molecule has 2 saturated heterocycles. The first-order valence-corrected chi connectivity index (χ1v) is 11.5. The number of rotatable bonds is 6. The molecule has 1 aromatic carbocycles. The van der Waals surface area contributed by atoms with Crippen molar-refractivity contribution in [1.82, 2.24) is 10.2 Å². The van der Waals surface area contributed by atoms with E-state index in [9.17, 15) is 8.42 Å². The fourth-order valence-corrected chi connectivity index (χ4v) is 5.52. The number of likely N-dealkylation sites (tertiary alicyclic amines) is 1. The van der Waals surface area contributed by atoms with Crippen molar-refractivity contribution >= 4 is 39.8 Å². The van der Waals surface area contributed by atoms with Crippen molar-refractivity contribution in [2.75, 3.05) is 38.6 Å². The average Bonchev–Trinajstić information content (AvgIpc) is 3.31. The smallest absolute Gasteiger partial charge is 0.194 e. The molecule has 0 radical (unpaired) electrons. The van der Waals surface area contributed by atoms with E-state index in [4.69, 9.17) is 4.74 Å². The second-order valence-corrected chi connectivity index (χ2v) is 9.65. The molecule has 2 unspecified atom stereocenters. The Kier molecular flexibility index (Phi) is 8.57. The van der Waals surface area contributed by atoms with Gasteiger partial charge in [0.2, 0.25) is 0 Å². The maximum Gasteiger partial charge on any atom is 0.194 e. The van der Waals surface area contributed by atoms with Crippen LogP contribution in [-0.4, -0.2) is 63.9 Å². The Hall–Kier alpha value is -0.870. The first kappa shape index (κ1) is 23.4. The van der Waals surface area contributed by atoms with Gasteiger partial charge in [0, 0.05) is 37.7 Å². The lowest BCUT2D eigenvalue weighted by Gasteiger charge is -2.28. The van der Waals surface area contributed by atoms with Crippen LogP contribution >= 0.6 is 24.0 Å². The number of ether oxygens (including phenoxy) is 1. The third-order valence-electron chi connectivity index (χ3n) is 5.58. The van der Waals surface area contributed by atoms with Crippen LogP contribution in [0.3, 0.4) is 0 Å². The van der Waals surface area contributed by atoms with Gasteiger partial charge in [-0.3, -0.25) is 4.99 Å². The number of sulfone groups is 1. The van der Waals surface area contributed by atoms with E-state index in [-0.39, 0.29) is 41.2 Å². The van der Waals surface area contributed by atoms with E-state index in [1.54, 1.807) is 24.3 Å². The van der Waals surface area contributed by atoms with E-state index in [0.717, 1.165) is 51.5 Å². The molecule has 1 N–H and O–H groups in total. The summed E-state index contributed by atoms with van der Waals surface area (Å²) in [4.78, 5) is 7.30. The summed E-state index contributed by atoms with van der Waals surface area (Å²) in [6.45, 7) is 8.23. The maximum absolute atomic E-state index is 12.8. The molecule has 2 fully saturated rings. The SMILES string of the molecule is CCN=C(NC(CC)CS(=O)(=O)c1ccccc1)N1CCC2(CCOC2)C1.I.